The summed E-state index contributed by atoms with van der Waals surface area (Å²) < 4.78 is 4.93. The standard InChI is InChI=1S/C44H53N3/c1-9-12-16-30-25-32-22-24-47-29-33(27-31-20-21-34(45(6)7)28-35(31)39-19-13-14-23-46(39)8)44(10-2,11-3)37-18-15-17-36-41(37)42(47)40(32)38(26-30)43(36,4)5/h13-15,17-26,28,33H,9-12,16,27,29H2,1-8H3/q+2. The summed E-state index contributed by atoms with van der Waals surface area (Å²) in [4.78, 5) is 2.22. The van der Waals surface area contributed by atoms with Crippen molar-refractivity contribution in [3.05, 3.63) is 113 Å². The zero-order valence-corrected chi connectivity index (χ0v) is 30.0. The first-order valence-electron chi connectivity index (χ1n) is 18.0. The quantitative estimate of drug-likeness (QED) is 0.149. The summed E-state index contributed by atoms with van der Waals surface area (Å²) in [5, 5.41) is 2.88. The van der Waals surface area contributed by atoms with Crippen LogP contribution in [0.2, 0.25) is 0 Å². The van der Waals surface area contributed by atoms with Gasteiger partial charge in [0.05, 0.1) is 16.5 Å². The van der Waals surface area contributed by atoms with Crippen molar-refractivity contribution in [2.45, 2.75) is 90.5 Å². The van der Waals surface area contributed by atoms with Gasteiger partial charge in [-0.05, 0) is 83.5 Å². The SMILES string of the molecule is CCCCc1cc2c3c4[n+](ccc3c1)CC(Cc1ccc(N(C)C)cc1-c1cccc[n+]1C)C(CC)(CC)c1cccc(c1-4)C2(C)C. The molecule has 242 valence electrons. The minimum atomic E-state index is -0.0672. The summed E-state index contributed by atoms with van der Waals surface area (Å²) in [6.45, 7) is 13.1. The molecule has 0 spiro atoms. The Balaban J connectivity index is 1.47. The van der Waals surface area contributed by atoms with Crippen LogP contribution in [0.25, 0.3) is 33.3 Å². The van der Waals surface area contributed by atoms with Crippen LogP contribution in [0.3, 0.4) is 0 Å². The van der Waals surface area contributed by atoms with E-state index in [0.717, 1.165) is 32.2 Å². The average Bonchev–Trinajstić information content (AvgIpc) is 3.19. The van der Waals surface area contributed by atoms with E-state index >= 15 is 0 Å². The maximum atomic E-state index is 2.66. The lowest BCUT2D eigenvalue weighted by atomic mass is 9.61. The van der Waals surface area contributed by atoms with Crippen LogP contribution in [-0.2, 0) is 37.3 Å². The average molecular weight is 624 g/mol. The molecule has 1 atom stereocenters. The van der Waals surface area contributed by atoms with E-state index in [1.54, 1.807) is 5.56 Å². The van der Waals surface area contributed by atoms with Gasteiger partial charge in [-0.15, -0.1) is 0 Å². The van der Waals surface area contributed by atoms with E-state index in [4.69, 9.17) is 0 Å². The second kappa shape index (κ2) is 11.9. The molecular formula is C44H53N3+2. The Bertz CT molecular complexity index is 1980. The normalized spacial score (nSPS) is 17.1. The number of hydrogen-bond acceptors (Lipinski definition) is 1. The van der Waals surface area contributed by atoms with Crippen molar-refractivity contribution in [1.29, 1.82) is 0 Å². The molecule has 0 saturated heterocycles. The number of aromatic nitrogens is 2. The fourth-order valence-corrected chi connectivity index (χ4v) is 9.27. The van der Waals surface area contributed by atoms with Crippen LogP contribution in [0.1, 0.15) is 88.1 Å². The Morgan fingerprint density at radius 3 is 2.34 bits per heavy atom. The minimum absolute atomic E-state index is 0.0503. The molecule has 0 N–H and O–H groups in total. The molecule has 1 aliphatic carbocycles. The van der Waals surface area contributed by atoms with E-state index in [1.807, 2.05) is 0 Å². The van der Waals surface area contributed by atoms with Crippen LogP contribution >= 0.6 is 0 Å². The third kappa shape index (κ3) is 4.91. The molecule has 0 radical (unpaired) electrons. The van der Waals surface area contributed by atoms with Crippen LogP contribution in [0.4, 0.5) is 5.69 Å². The Morgan fingerprint density at radius 2 is 1.62 bits per heavy atom. The zero-order chi connectivity index (χ0) is 33.1. The van der Waals surface area contributed by atoms with Crippen LogP contribution in [0, 0.1) is 5.92 Å². The molecule has 3 heterocycles. The number of anilines is 1. The molecule has 3 heteroatoms. The summed E-state index contributed by atoms with van der Waals surface area (Å²) >= 11 is 0. The first-order valence-corrected chi connectivity index (χ1v) is 18.0. The van der Waals surface area contributed by atoms with Gasteiger partial charge in [0, 0.05) is 54.7 Å². The van der Waals surface area contributed by atoms with Crippen molar-refractivity contribution in [3.8, 4) is 22.5 Å². The Morgan fingerprint density at radius 1 is 0.830 bits per heavy atom. The molecule has 2 aliphatic rings. The highest BCUT2D eigenvalue weighted by Gasteiger charge is 2.49. The highest BCUT2D eigenvalue weighted by Crippen LogP contribution is 2.55. The van der Waals surface area contributed by atoms with Gasteiger partial charge in [-0.2, -0.15) is 4.57 Å². The molecule has 0 saturated carbocycles. The van der Waals surface area contributed by atoms with Crippen molar-refractivity contribution < 1.29 is 9.13 Å². The van der Waals surface area contributed by atoms with Gasteiger partial charge in [0.2, 0.25) is 11.4 Å². The van der Waals surface area contributed by atoms with E-state index in [2.05, 4.69) is 155 Å². The minimum Gasteiger partial charge on any atom is -0.378 e. The molecule has 1 unspecified atom stereocenters. The third-order valence-corrected chi connectivity index (χ3v) is 12.1. The van der Waals surface area contributed by atoms with Crippen molar-refractivity contribution >= 4 is 16.5 Å². The second-order valence-electron chi connectivity index (χ2n) is 15.1. The number of pyridine rings is 2. The van der Waals surface area contributed by atoms with E-state index in [1.165, 1.54) is 74.1 Å². The Hall–Kier alpha value is -3.98. The van der Waals surface area contributed by atoms with E-state index in [9.17, 15) is 0 Å². The van der Waals surface area contributed by atoms with Crippen molar-refractivity contribution in [2.24, 2.45) is 13.0 Å². The first kappa shape index (κ1) is 31.6. The largest absolute Gasteiger partial charge is 0.378 e. The molecule has 7 rings (SSSR count). The van der Waals surface area contributed by atoms with Gasteiger partial charge in [0.15, 0.2) is 18.9 Å². The number of rotatable bonds is 9. The van der Waals surface area contributed by atoms with E-state index < -0.39 is 0 Å². The molecule has 1 aliphatic heterocycles. The lowest BCUT2D eigenvalue weighted by Gasteiger charge is -2.40. The van der Waals surface area contributed by atoms with Crippen molar-refractivity contribution in [2.75, 3.05) is 19.0 Å². The zero-order valence-electron chi connectivity index (χ0n) is 30.0. The van der Waals surface area contributed by atoms with Crippen LogP contribution < -0.4 is 14.0 Å². The summed E-state index contributed by atoms with van der Waals surface area (Å²) in [5.74, 6) is 0.432. The van der Waals surface area contributed by atoms with Crippen molar-refractivity contribution in [3.63, 3.8) is 0 Å². The monoisotopic (exact) mass is 623 g/mol. The van der Waals surface area contributed by atoms with E-state index in [-0.39, 0.29) is 10.8 Å². The second-order valence-corrected chi connectivity index (χ2v) is 15.1. The van der Waals surface area contributed by atoms with Crippen LogP contribution in [0.5, 0.6) is 0 Å². The molecule has 3 aromatic carbocycles. The maximum Gasteiger partial charge on any atom is 0.221 e. The highest BCUT2D eigenvalue weighted by molar-refractivity contribution is 6.01. The predicted octanol–water partition coefficient (Wildman–Crippen LogP) is 9.26. The number of nitrogens with zero attached hydrogens (tertiary/aromatic N) is 3. The summed E-state index contributed by atoms with van der Waals surface area (Å²) in [5.41, 5.74) is 14.3. The Kier molecular flexibility index (Phi) is 8.02. The van der Waals surface area contributed by atoms with Gasteiger partial charge in [-0.3, -0.25) is 0 Å². The van der Waals surface area contributed by atoms with Crippen LogP contribution in [-0.4, -0.2) is 14.1 Å². The van der Waals surface area contributed by atoms with Gasteiger partial charge in [0.1, 0.15) is 7.05 Å². The lowest BCUT2D eigenvalue weighted by molar-refractivity contribution is -0.692. The number of benzene rings is 3. The fraction of sp³-hybridized carbons (Fsp3) is 0.409. The topological polar surface area (TPSA) is 11.0 Å². The predicted molar refractivity (Wildman–Crippen MR) is 197 cm³/mol. The van der Waals surface area contributed by atoms with Crippen molar-refractivity contribution in [1.82, 2.24) is 0 Å². The molecule has 5 aromatic rings. The Labute approximate surface area is 282 Å². The smallest absolute Gasteiger partial charge is 0.221 e. The third-order valence-electron chi connectivity index (χ3n) is 12.1. The first-order chi connectivity index (χ1) is 22.6. The number of aryl methyl sites for hydroxylation is 2. The maximum absolute atomic E-state index is 2.66. The summed E-state index contributed by atoms with van der Waals surface area (Å²) in [6.07, 6.45) is 11.5. The number of unbranched alkanes of at least 4 members (excludes halogenated alkanes) is 1. The fourth-order valence-electron chi connectivity index (χ4n) is 9.27. The van der Waals surface area contributed by atoms with Gasteiger partial charge in [-0.1, -0.05) is 77.4 Å². The van der Waals surface area contributed by atoms with Gasteiger partial charge >= 0.3 is 0 Å². The van der Waals surface area contributed by atoms with Gasteiger partial charge in [-0.25, -0.2) is 4.57 Å². The van der Waals surface area contributed by atoms with Gasteiger partial charge in [0.25, 0.3) is 0 Å². The molecule has 0 bridgehead atoms. The lowest BCUT2D eigenvalue weighted by Crippen LogP contribution is -2.45. The van der Waals surface area contributed by atoms with E-state index in [0.29, 0.717) is 5.92 Å². The molecule has 3 nitrogen and oxygen atoms in total. The molecular weight excluding hydrogens is 571 g/mol. The molecule has 0 amide bonds. The summed E-state index contributed by atoms with van der Waals surface area (Å²) in [6, 6.07) is 28.5. The summed E-state index contributed by atoms with van der Waals surface area (Å²) in [7, 11) is 6.46. The van der Waals surface area contributed by atoms with Crippen LogP contribution in [0.15, 0.2) is 85.2 Å². The molecule has 0 fully saturated rings. The number of hydrogen-bond donors (Lipinski definition) is 0. The molecule has 2 aromatic heterocycles. The molecule has 47 heavy (non-hydrogen) atoms. The van der Waals surface area contributed by atoms with Gasteiger partial charge < -0.3 is 4.90 Å². The highest BCUT2D eigenvalue weighted by atomic mass is 15.1.